The minimum absolute atomic E-state index is 0.426. The minimum Gasteiger partial charge on any atom is -0.105 e. The van der Waals surface area contributed by atoms with Crippen LogP contribution in [0.2, 0.25) is 0 Å². The predicted molar refractivity (Wildman–Crippen MR) is 125 cm³/mol. The number of fused-ring (bicyclic) bond motifs is 3. The molecule has 0 aromatic heterocycles. The molecule has 2 aliphatic carbocycles. The maximum atomic E-state index is 2.48. The molecule has 2 aromatic carbocycles. The van der Waals surface area contributed by atoms with Gasteiger partial charge >= 0.3 is 0 Å². The van der Waals surface area contributed by atoms with Gasteiger partial charge in [0.05, 0.1) is 9.16 Å². The van der Waals surface area contributed by atoms with Gasteiger partial charge in [-0.05, 0) is 46.5 Å². The molecule has 0 radical (unpaired) electrons. The van der Waals surface area contributed by atoms with E-state index in [1.165, 1.54) is 41.8 Å². The summed E-state index contributed by atoms with van der Waals surface area (Å²) in [7, 11) is 0. The average Bonchev–Trinajstić information content (AvgIpc) is 3.38. The van der Waals surface area contributed by atoms with Crippen molar-refractivity contribution >= 4 is 47.0 Å². The minimum atomic E-state index is 0.426. The molecule has 28 heavy (non-hydrogen) atoms. The number of rotatable bonds is 2. The number of thioether (sulfide) groups is 4. The fraction of sp³-hybridized carbons (Fsp3) is 0.0833. The van der Waals surface area contributed by atoms with Crippen LogP contribution in [0.1, 0.15) is 20.3 Å². The highest BCUT2D eigenvalue weighted by molar-refractivity contribution is 8.19. The van der Waals surface area contributed by atoms with Crippen LogP contribution in [0.3, 0.4) is 0 Å². The molecule has 0 spiro atoms. The lowest BCUT2D eigenvalue weighted by Crippen LogP contribution is -1.83. The summed E-state index contributed by atoms with van der Waals surface area (Å²) >= 11 is 7.97. The van der Waals surface area contributed by atoms with Gasteiger partial charge in [-0.25, -0.2) is 0 Å². The van der Waals surface area contributed by atoms with Crippen LogP contribution < -0.4 is 0 Å². The van der Waals surface area contributed by atoms with E-state index >= 15 is 0 Å². The largest absolute Gasteiger partial charge is 0.105 e. The summed E-state index contributed by atoms with van der Waals surface area (Å²) in [4.78, 5) is 5.63. The summed E-state index contributed by atoms with van der Waals surface area (Å²) in [5.41, 5.74) is 5.72. The van der Waals surface area contributed by atoms with Crippen LogP contribution in [0.5, 0.6) is 0 Å². The van der Waals surface area contributed by atoms with Gasteiger partial charge in [-0.1, -0.05) is 60.7 Å². The molecule has 0 saturated carbocycles. The second-order valence-electron chi connectivity index (χ2n) is 6.82. The molecule has 0 unspecified atom stereocenters. The first-order valence-corrected chi connectivity index (χ1v) is 12.7. The van der Waals surface area contributed by atoms with E-state index in [-0.39, 0.29) is 0 Å². The Morgan fingerprint density at radius 1 is 0.429 bits per heavy atom. The molecule has 2 aromatic rings. The topological polar surface area (TPSA) is 0 Å². The Balaban J connectivity index is 1.43. The monoisotopic (exact) mass is 432 g/mol. The van der Waals surface area contributed by atoms with Crippen LogP contribution in [0.15, 0.2) is 105 Å². The average molecular weight is 433 g/mol. The molecule has 4 aliphatic rings. The van der Waals surface area contributed by atoms with E-state index in [0.29, 0.717) is 9.16 Å². The summed E-state index contributed by atoms with van der Waals surface area (Å²) in [6, 6.07) is 31.2. The van der Waals surface area contributed by atoms with E-state index < -0.39 is 0 Å². The third-order valence-electron chi connectivity index (χ3n) is 5.11. The first kappa shape index (κ1) is 17.4. The molecule has 0 nitrogen and oxygen atoms in total. The van der Waals surface area contributed by atoms with Gasteiger partial charge in [0.2, 0.25) is 0 Å². The highest BCUT2D eigenvalue weighted by atomic mass is 32.2. The molecule has 136 valence electrons. The lowest BCUT2D eigenvalue weighted by atomic mass is 10.1. The Kier molecular flexibility index (Phi) is 4.41. The lowest BCUT2D eigenvalue weighted by molar-refractivity contribution is 1.27. The van der Waals surface area contributed by atoms with Gasteiger partial charge in [-0.2, -0.15) is 0 Å². The van der Waals surface area contributed by atoms with E-state index in [2.05, 4.69) is 84.9 Å². The molecule has 0 saturated heterocycles. The third-order valence-corrected chi connectivity index (χ3v) is 10.8. The number of hydrogen-bond donors (Lipinski definition) is 0. The Hall–Kier alpha value is -1.46. The summed E-state index contributed by atoms with van der Waals surface area (Å²) < 4.78 is 0.852. The number of hydrogen-bond acceptors (Lipinski definition) is 4. The van der Waals surface area contributed by atoms with E-state index in [1.54, 1.807) is 0 Å². The lowest BCUT2D eigenvalue weighted by Gasteiger charge is -2.09. The SMILES string of the molecule is c1ccc2c(C3Sc4ccccc4S3)cc(C3Sc4ccccc4S3)c-2cc1. The van der Waals surface area contributed by atoms with Crippen LogP contribution in [0.25, 0.3) is 11.1 Å². The molecule has 0 fully saturated rings. The zero-order valence-corrected chi connectivity index (χ0v) is 18.1. The van der Waals surface area contributed by atoms with Crippen molar-refractivity contribution in [3.8, 4) is 11.1 Å². The second kappa shape index (κ2) is 7.10. The number of benzene rings is 2. The molecular weight excluding hydrogens is 417 g/mol. The molecule has 0 atom stereocenters. The fourth-order valence-corrected chi connectivity index (χ4v) is 9.60. The van der Waals surface area contributed by atoms with Crippen LogP contribution in [-0.2, 0) is 0 Å². The normalized spacial score (nSPS) is 16.4. The van der Waals surface area contributed by atoms with Crippen molar-refractivity contribution in [3.05, 3.63) is 96.1 Å². The smallest absolute Gasteiger partial charge is 0.0852 e. The molecule has 4 heteroatoms. The van der Waals surface area contributed by atoms with Gasteiger partial charge in [0.1, 0.15) is 0 Å². The Morgan fingerprint density at radius 3 is 1.18 bits per heavy atom. The first-order chi connectivity index (χ1) is 13.9. The second-order valence-corrected chi connectivity index (χ2v) is 12.0. The summed E-state index contributed by atoms with van der Waals surface area (Å²) in [6.45, 7) is 0. The zero-order chi connectivity index (χ0) is 18.5. The van der Waals surface area contributed by atoms with Gasteiger partial charge in [0, 0.05) is 19.6 Å². The quantitative estimate of drug-likeness (QED) is 0.311. The third kappa shape index (κ3) is 2.89. The van der Waals surface area contributed by atoms with Crippen molar-refractivity contribution in [2.45, 2.75) is 28.7 Å². The van der Waals surface area contributed by atoms with Crippen LogP contribution in [0.4, 0.5) is 0 Å². The highest BCUT2D eigenvalue weighted by Crippen LogP contribution is 2.62. The molecule has 0 bridgehead atoms. The van der Waals surface area contributed by atoms with Crippen molar-refractivity contribution in [1.29, 1.82) is 0 Å². The van der Waals surface area contributed by atoms with Crippen molar-refractivity contribution in [2.75, 3.05) is 0 Å². The maximum absolute atomic E-state index is 2.48. The summed E-state index contributed by atoms with van der Waals surface area (Å²) in [6.07, 6.45) is 0. The Labute approximate surface area is 182 Å². The first-order valence-electron chi connectivity index (χ1n) is 9.23. The van der Waals surface area contributed by atoms with Crippen molar-refractivity contribution < 1.29 is 0 Å². The van der Waals surface area contributed by atoms with Crippen LogP contribution >= 0.6 is 47.0 Å². The summed E-state index contributed by atoms with van der Waals surface area (Å²) in [5.74, 6) is 0. The van der Waals surface area contributed by atoms with Crippen LogP contribution in [0, 0.1) is 0 Å². The van der Waals surface area contributed by atoms with Crippen molar-refractivity contribution in [3.63, 3.8) is 0 Å². The van der Waals surface area contributed by atoms with Crippen molar-refractivity contribution in [1.82, 2.24) is 0 Å². The van der Waals surface area contributed by atoms with E-state index in [9.17, 15) is 0 Å². The van der Waals surface area contributed by atoms with Crippen molar-refractivity contribution in [2.24, 2.45) is 0 Å². The standard InChI is InChI=1S/C24H16S4/c1-2-8-15-16(9-3-1)18(24-27-21-12-6-7-13-22(21)28-24)14-17(15)23-25-19-10-4-5-11-20(19)26-23/h1-14,23-24H. The summed E-state index contributed by atoms with van der Waals surface area (Å²) in [5, 5.41) is 0. The molecule has 0 N–H and O–H groups in total. The van der Waals surface area contributed by atoms with E-state index in [1.807, 2.05) is 47.0 Å². The van der Waals surface area contributed by atoms with Crippen LogP contribution in [-0.4, -0.2) is 0 Å². The highest BCUT2D eigenvalue weighted by Gasteiger charge is 2.33. The van der Waals surface area contributed by atoms with Gasteiger partial charge in [-0.15, -0.1) is 47.0 Å². The van der Waals surface area contributed by atoms with Gasteiger partial charge < -0.3 is 0 Å². The molecular formula is C24H16S4. The Morgan fingerprint density at radius 2 is 0.786 bits per heavy atom. The molecule has 2 aliphatic heterocycles. The van der Waals surface area contributed by atoms with Gasteiger partial charge in [-0.3, -0.25) is 0 Å². The molecule has 6 rings (SSSR count). The maximum Gasteiger partial charge on any atom is 0.0852 e. The molecule has 2 heterocycles. The van der Waals surface area contributed by atoms with Gasteiger partial charge in [0.15, 0.2) is 0 Å². The van der Waals surface area contributed by atoms with E-state index in [0.717, 1.165) is 0 Å². The Bertz CT molecular complexity index is 1020. The van der Waals surface area contributed by atoms with E-state index in [4.69, 9.17) is 0 Å². The zero-order valence-electron chi connectivity index (χ0n) is 14.9. The fourth-order valence-electron chi connectivity index (χ4n) is 3.82. The molecule has 0 amide bonds. The predicted octanol–water partition coefficient (Wildman–Crippen LogP) is 8.58. The van der Waals surface area contributed by atoms with Gasteiger partial charge in [0.25, 0.3) is 0 Å².